The number of hydrogen-bond acceptors (Lipinski definition) is 5. The minimum absolute atomic E-state index is 0.148. The van der Waals surface area contributed by atoms with Gasteiger partial charge in [-0.25, -0.2) is 17.5 Å². The summed E-state index contributed by atoms with van der Waals surface area (Å²) in [4.78, 5) is -0.705. The molecule has 11 heteroatoms. The fraction of sp³-hybridized carbons (Fsp3) is 0.200. The molecule has 31 heavy (non-hydrogen) atoms. The molecule has 0 bridgehead atoms. The summed E-state index contributed by atoms with van der Waals surface area (Å²) in [5.41, 5.74) is 0.949. The van der Waals surface area contributed by atoms with Gasteiger partial charge in [0.1, 0.15) is 12.4 Å². The number of benzene rings is 2. The Labute approximate surface area is 175 Å². The average molecular weight is 455 g/mol. The summed E-state index contributed by atoms with van der Waals surface area (Å²) in [6.07, 6.45) is -5.01. The van der Waals surface area contributed by atoms with Crippen LogP contribution < -0.4 is 9.46 Å². The van der Waals surface area contributed by atoms with Crippen LogP contribution in [-0.2, 0) is 16.2 Å². The average Bonchev–Trinajstić information content (AvgIpc) is 2.72. The normalized spacial score (nSPS) is 12.0. The predicted octanol–water partition coefficient (Wildman–Crippen LogP) is 3.97. The van der Waals surface area contributed by atoms with Gasteiger partial charge < -0.3 is 4.74 Å². The quantitative estimate of drug-likeness (QED) is 0.431. The largest absolute Gasteiger partial charge is 0.475 e. The number of hydrogen-bond donors (Lipinski definition) is 1. The van der Waals surface area contributed by atoms with Gasteiger partial charge in [0.05, 0.1) is 16.2 Å². The summed E-state index contributed by atoms with van der Waals surface area (Å²) in [6.45, 7) is 1.57. The topological polar surface area (TPSA) is 81.2 Å². The molecule has 0 amide bonds. The van der Waals surface area contributed by atoms with E-state index in [4.69, 9.17) is 4.74 Å². The van der Waals surface area contributed by atoms with Crippen molar-refractivity contribution in [2.75, 3.05) is 13.2 Å². The second-order valence-electron chi connectivity index (χ2n) is 6.51. The van der Waals surface area contributed by atoms with Crippen LogP contribution in [0.15, 0.2) is 59.5 Å². The molecule has 1 heterocycles. The van der Waals surface area contributed by atoms with Gasteiger partial charge in [-0.05, 0) is 31.2 Å². The summed E-state index contributed by atoms with van der Waals surface area (Å²) in [6, 6.07) is 12.4. The van der Waals surface area contributed by atoms with E-state index in [9.17, 15) is 26.0 Å². The molecule has 0 saturated carbocycles. The maximum Gasteiger partial charge on any atom is 0.419 e. The van der Waals surface area contributed by atoms with Crippen LogP contribution in [0.2, 0.25) is 0 Å². The molecule has 0 fully saturated rings. The molecule has 0 saturated heterocycles. The monoisotopic (exact) mass is 455 g/mol. The number of sulfonamides is 1. The van der Waals surface area contributed by atoms with Crippen molar-refractivity contribution in [3.8, 4) is 17.1 Å². The Hall–Kier alpha value is -3.05. The molecule has 3 rings (SSSR count). The Kier molecular flexibility index (Phi) is 6.56. The Morgan fingerprint density at radius 3 is 2.32 bits per heavy atom. The van der Waals surface area contributed by atoms with Gasteiger partial charge in [0.25, 0.3) is 0 Å². The fourth-order valence-corrected chi connectivity index (χ4v) is 3.62. The number of aromatic nitrogens is 2. The molecule has 6 nitrogen and oxygen atoms in total. The predicted molar refractivity (Wildman–Crippen MR) is 104 cm³/mol. The smallest absolute Gasteiger partial charge is 0.419 e. The summed E-state index contributed by atoms with van der Waals surface area (Å²) in [5.74, 6) is -1.40. The lowest BCUT2D eigenvalue weighted by atomic mass is 10.1. The second-order valence-corrected chi connectivity index (χ2v) is 8.28. The number of alkyl halides is 3. The Morgan fingerprint density at radius 2 is 1.71 bits per heavy atom. The molecular formula is C20H17F4N3O3S. The van der Waals surface area contributed by atoms with Crippen LogP contribution in [0.5, 0.6) is 5.88 Å². The van der Waals surface area contributed by atoms with Crippen molar-refractivity contribution in [3.05, 3.63) is 71.5 Å². The molecule has 0 aliphatic rings. The minimum Gasteiger partial charge on any atom is -0.475 e. The summed E-state index contributed by atoms with van der Waals surface area (Å²) < 4.78 is 83.4. The summed E-state index contributed by atoms with van der Waals surface area (Å²) >= 11 is 0. The molecule has 2 aromatic carbocycles. The van der Waals surface area contributed by atoms with Gasteiger partial charge in [-0.2, -0.15) is 13.2 Å². The van der Waals surface area contributed by atoms with Crippen LogP contribution in [0, 0.1) is 12.7 Å². The van der Waals surface area contributed by atoms with E-state index in [1.807, 2.05) is 31.2 Å². The zero-order chi connectivity index (χ0) is 22.6. The molecule has 0 aliphatic carbocycles. The number of ether oxygens (including phenoxy) is 1. The molecule has 0 spiro atoms. The van der Waals surface area contributed by atoms with Gasteiger partial charge in [-0.15, -0.1) is 10.2 Å². The van der Waals surface area contributed by atoms with Gasteiger partial charge in [-0.1, -0.05) is 29.8 Å². The lowest BCUT2D eigenvalue weighted by Gasteiger charge is -2.11. The highest BCUT2D eigenvalue weighted by molar-refractivity contribution is 7.89. The third-order valence-electron chi connectivity index (χ3n) is 4.19. The maximum absolute atomic E-state index is 13.3. The first-order chi connectivity index (χ1) is 14.6. The molecule has 164 valence electrons. The zero-order valence-electron chi connectivity index (χ0n) is 16.1. The van der Waals surface area contributed by atoms with E-state index >= 15 is 0 Å². The van der Waals surface area contributed by atoms with Crippen molar-refractivity contribution < 1.29 is 30.7 Å². The van der Waals surface area contributed by atoms with Crippen molar-refractivity contribution in [1.29, 1.82) is 0 Å². The molecular weight excluding hydrogens is 438 g/mol. The lowest BCUT2D eigenvalue weighted by molar-refractivity contribution is -0.140. The maximum atomic E-state index is 13.3. The molecule has 0 aliphatic heterocycles. The first-order valence-corrected chi connectivity index (χ1v) is 10.4. The van der Waals surface area contributed by atoms with Crippen LogP contribution in [0.25, 0.3) is 11.3 Å². The van der Waals surface area contributed by atoms with Crippen molar-refractivity contribution >= 4 is 10.0 Å². The summed E-state index contributed by atoms with van der Waals surface area (Å²) in [5, 5.41) is 7.94. The SMILES string of the molecule is Cc1ccc(-c2ccc(OCCNS(=O)(=O)c3ccc(F)c(C(F)(F)F)c3)nn2)cc1. The first-order valence-electron chi connectivity index (χ1n) is 8.96. The zero-order valence-corrected chi connectivity index (χ0v) is 17.0. The molecule has 0 atom stereocenters. The molecule has 1 aromatic heterocycles. The molecule has 0 unspecified atom stereocenters. The number of halogens is 4. The number of nitrogens with zero attached hydrogens (tertiary/aromatic N) is 2. The molecule has 3 aromatic rings. The van der Waals surface area contributed by atoms with Crippen molar-refractivity contribution in [3.63, 3.8) is 0 Å². The van der Waals surface area contributed by atoms with E-state index < -0.39 is 32.5 Å². The van der Waals surface area contributed by atoms with Gasteiger partial charge in [0, 0.05) is 18.2 Å². The van der Waals surface area contributed by atoms with E-state index in [1.165, 1.54) is 0 Å². The third kappa shape index (κ3) is 5.76. The van der Waals surface area contributed by atoms with Gasteiger partial charge in [0.2, 0.25) is 15.9 Å². The Morgan fingerprint density at radius 1 is 1.00 bits per heavy atom. The van der Waals surface area contributed by atoms with Gasteiger partial charge >= 0.3 is 6.18 Å². The van der Waals surface area contributed by atoms with Crippen molar-refractivity contribution in [2.24, 2.45) is 0 Å². The van der Waals surface area contributed by atoms with Crippen LogP contribution >= 0.6 is 0 Å². The number of rotatable bonds is 7. The third-order valence-corrected chi connectivity index (χ3v) is 5.64. The highest BCUT2D eigenvalue weighted by atomic mass is 32.2. The standard InChI is InChI=1S/C20H17F4N3O3S/c1-13-2-4-14(5-3-13)18-8-9-19(27-26-18)30-11-10-25-31(28,29)15-6-7-17(21)16(12-15)20(22,23)24/h2-9,12,25H,10-11H2,1H3. The number of nitrogens with one attached hydrogen (secondary N) is 1. The summed E-state index contributed by atoms with van der Waals surface area (Å²) in [7, 11) is -4.29. The fourth-order valence-electron chi connectivity index (χ4n) is 2.58. The lowest BCUT2D eigenvalue weighted by Crippen LogP contribution is -2.28. The van der Waals surface area contributed by atoms with Crippen LogP contribution in [0.4, 0.5) is 17.6 Å². The van der Waals surface area contributed by atoms with E-state index in [1.54, 1.807) is 12.1 Å². The van der Waals surface area contributed by atoms with E-state index in [0.29, 0.717) is 11.8 Å². The van der Waals surface area contributed by atoms with Crippen LogP contribution in [-0.4, -0.2) is 31.8 Å². The van der Waals surface area contributed by atoms with Crippen LogP contribution in [0.3, 0.4) is 0 Å². The van der Waals surface area contributed by atoms with Crippen molar-refractivity contribution in [1.82, 2.24) is 14.9 Å². The minimum atomic E-state index is -5.01. The molecule has 0 radical (unpaired) electrons. The van der Waals surface area contributed by atoms with Gasteiger partial charge in [-0.3, -0.25) is 0 Å². The highest BCUT2D eigenvalue weighted by Gasteiger charge is 2.35. The highest BCUT2D eigenvalue weighted by Crippen LogP contribution is 2.32. The van der Waals surface area contributed by atoms with E-state index in [-0.39, 0.29) is 25.1 Å². The molecule has 1 N–H and O–H groups in total. The van der Waals surface area contributed by atoms with E-state index in [2.05, 4.69) is 14.9 Å². The second kappa shape index (κ2) is 8.98. The Balaban J connectivity index is 1.57. The van der Waals surface area contributed by atoms with Crippen molar-refractivity contribution in [2.45, 2.75) is 18.0 Å². The Bertz CT molecular complexity index is 1150. The number of aryl methyl sites for hydroxylation is 1. The van der Waals surface area contributed by atoms with E-state index in [0.717, 1.165) is 17.2 Å². The van der Waals surface area contributed by atoms with Gasteiger partial charge in [0.15, 0.2) is 0 Å². The van der Waals surface area contributed by atoms with Crippen LogP contribution in [0.1, 0.15) is 11.1 Å². The first kappa shape index (κ1) is 22.6.